The van der Waals surface area contributed by atoms with Crippen molar-refractivity contribution in [2.75, 3.05) is 19.6 Å². The minimum atomic E-state index is -0.0433. The third kappa shape index (κ3) is 3.86. The predicted molar refractivity (Wildman–Crippen MR) is 97.5 cm³/mol. The first-order valence-electron chi connectivity index (χ1n) is 9.14. The smallest absolute Gasteiger partial charge is 0.289 e. The maximum Gasteiger partial charge on any atom is 0.289 e. The molecule has 5 heteroatoms. The van der Waals surface area contributed by atoms with Crippen LogP contribution in [0.5, 0.6) is 0 Å². The molecule has 1 aromatic carbocycles. The molecule has 1 N–H and O–H groups in total. The van der Waals surface area contributed by atoms with Gasteiger partial charge in [-0.05, 0) is 38.2 Å². The molecule has 0 bridgehead atoms. The summed E-state index contributed by atoms with van der Waals surface area (Å²) >= 11 is 0. The molecule has 1 fully saturated rings. The third-order valence-electron chi connectivity index (χ3n) is 4.91. The molecule has 2 amide bonds. The van der Waals surface area contributed by atoms with Crippen LogP contribution in [0.4, 0.5) is 0 Å². The zero-order valence-corrected chi connectivity index (χ0v) is 15.0. The second-order valence-corrected chi connectivity index (χ2v) is 6.87. The quantitative estimate of drug-likeness (QED) is 0.904. The number of carbonyl (C=O) groups is 2. The third-order valence-corrected chi connectivity index (χ3v) is 4.91. The zero-order chi connectivity index (χ0) is 17.8. The van der Waals surface area contributed by atoms with Crippen LogP contribution in [0.2, 0.25) is 0 Å². The van der Waals surface area contributed by atoms with Crippen LogP contribution in [0, 0.1) is 12.8 Å². The number of hydrogen-bond donors (Lipinski definition) is 1. The highest BCUT2D eigenvalue weighted by Crippen LogP contribution is 2.27. The minimum Gasteiger partial charge on any atom is -0.451 e. The van der Waals surface area contributed by atoms with E-state index in [0.717, 1.165) is 42.3 Å². The fourth-order valence-electron chi connectivity index (χ4n) is 3.51. The van der Waals surface area contributed by atoms with Gasteiger partial charge in [-0.15, -0.1) is 0 Å². The average Bonchev–Trinajstić information content (AvgIpc) is 2.97. The molecule has 1 atom stereocenters. The number of carbonyl (C=O) groups excluding carboxylic acids is 2. The SMILES string of the molecule is CCCC(=O)NC[C@@H]1CCCN(C(=O)c2oc3ccccc3c2C)C1. The number of fused-ring (bicyclic) bond motifs is 1. The van der Waals surface area contributed by atoms with E-state index in [1.807, 2.05) is 43.0 Å². The number of benzene rings is 1. The second kappa shape index (κ2) is 7.72. The topological polar surface area (TPSA) is 62.6 Å². The lowest BCUT2D eigenvalue weighted by Crippen LogP contribution is -2.43. The summed E-state index contributed by atoms with van der Waals surface area (Å²) in [5.41, 5.74) is 1.66. The van der Waals surface area contributed by atoms with Crippen molar-refractivity contribution in [3.05, 3.63) is 35.6 Å². The van der Waals surface area contributed by atoms with E-state index in [1.165, 1.54) is 0 Å². The van der Waals surface area contributed by atoms with Crippen molar-refractivity contribution in [1.82, 2.24) is 10.2 Å². The molecular weight excluding hydrogens is 316 g/mol. The lowest BCUT2D eigenvalue weighted by Gasteiger charge is -2.32. The van der Waals surface area contributed by atoms with Crippen molar-refractivity contribution >= 4 is 22.8 Å². The van der Waals surface area contributed by atoms with Gasteiger partial charge in [0.2, 0.25) is 5.91 Å². The van der Waals surface area contributed by atoms with E-state index in [9.17, 15) is 9.59 Å². The molecule has 1 saturated heterocycles. The number of amides is 2. The minimum absolute atomic E-state index is 0.0433. The summed E-state index contributed by atoms with van der Waals surface area (Å²) in [6.07, 6.45) is 3.41. The number of para-hydroxylation sites is 1. The number of furan rings is 1. The molecule has 0 aliphatic carbocycles. The van der Waals surface area contributed by atoms with Gasteiger partial charge in [-0.1, -0.05) is 25.1 Å². The molecule has 2 aromatic rings. The van der Waals surface area contributed by atoms with E-state index in [1.54, 1.807) is 0 Å². The largest absolute Gasteiger partial charge is 0.451 e. The van der Waals surface area contributed by atoms with Gasteiger partial charge in [-0.2, -0.15) is 0 Å². The van der Waals surface area contributed by atoms with Gasteiger partial charge in [0.15, 0.2) is 5.76 Å². The molecule has 1 aromatic heterocycles. The number of likely N-dealkylation sites (tertiary alicyclic amines) is 1. The lowest BCUT2D eigenvalue weighted by molar-refractivity contribution is -0.121. The molecule has 0 unspecified atom stereocenters. The van der Waals surface area contributed by atoms with Gasteiger partial charge >= 0.3 is 0 Å². The molecule has 1 aliphatic rings. The van der Waals surface area contributed by atoms with E-state index in [0.29, 0.717) is 31.2 Å². The Hall–Kier alpha value is -2.30. The van der Waals surface area contributed by atoms with Gasteiger partial charge in [0.05, 0.1) is 0 Å². The first-order valence-corrected chi connectivity index (χ1v) is 9.14. The van der Waals surface area contributed by atoms with Crippen LogP contribution in [0.25, 0.3) is 11.0 Å². The Morgan fingerprint density at radius 3 is 2.88 bits per heavy atom. The Balaban J connectivity index is 1.67. The van der Waals surface area contributed by atoms with E-state index in [-0.39, 0.29) is 11.8 Å². The fraction of sp³-hybridized carbons (Fsp3) is 0.500. The van der Waals surface area contributed by atoms with E-state index >= 15 is 0 Å². The zero-order valence-electron chi connectivity index (χ0n) is 15.0. The lowest BCUT2D eigenvalue weighted by atomic mass is 9.97. The normalized spacial score (nSPS) is 17.7. The summed E-state index contributed by atoms with van der Waals surface area (Å²) in [5.74, 6) is 0.803. The molecule has 0 spiro atoms. The average molecular weight is 342 g/mol. The Morgan fingerprint density at radius 2 is 2.12 bits per heavy atom. The molecular formula is C20H26N2O3. The van der Waals surface area contributed by atoms with Crippen molar-refractivity contribution < 1.29 is 14.0 Å². The molecule has 134 valence electrons. The Labute approximate surface area is 148 Å². The number of nitrogens with zero attached hydrogens (tertiary/aromatic N) is 1. The highest BCUT2D eigenvalue weighted by Gasteiger charge is 2.28. The van der Waals surface area contributed by atoms with Crippen LogP contribution in [-0.2, 0) is 4.79 Å². The van der Waals surface area contributed by atoms with Crippen LogP contribution in [-0.4, -0.2) is 36.3 Å². The summed E-state index contributed by atoms with van der Waals surface area (Å²) in [6.45, 7) is 5.99. The van der Waals surface area contributed by atoms with E-state index < -0.39 is 0 Å². The van der Waals surface area contributed by atoms with E-state index in [4.69, 9.17) is 4.42 Å². The van der Waals surface area contributed by atoms with Gasteiger partial charge in [-0.3, -0.25) is 9.59 Å². The Bertz CT molecular complexity index is 765. The molecule has 0 radical (unpaired) electrons. The Kier molecular flexibility index (Phi) is 5.41. The molecule has 5 nitrogen and oxygen atoms in total. The monoisotopic (exact) mass is 342 g/mol. The molecule has 0 saturated carbocycles. The molecule has 3 rings (SSSR count). The summed E-state index contributed by atoms with van der Waals surface area (Å²) in [4.78, 5) is 26.4. The fourth-order valence-corrected chi connectivity index (χ4v) is 3.51. The first-order chi connectivity index (χ1) is 12.1. The van der Waals surface area contributed by atoms with Crippen molar-refractivity contribution in [3.63, 3.8) is 0 Å². The van der Waals surface area contributed by atoms with Gasteiger partial charge in [0.1, 0.15) is 5.58 Å². The van der Waals surface area contributed by atoms with Gasteiger partial charge in [-0.25, -0.2) is 0 Å². The van der Waals surface area contributed by atoms with Crippen molar-refractivity contribution in [1.29, 1.82) is 0 Å². The van der Waals surface area contributed by atoms with Crippen LogP contribution < -0.4 is 5.32 Å². The van der Waals surface area contributed by atoms with Crippen LogP contribution >= 0.6 is 0 Å². The number of hydrogen-bond acceptors (Lipinski definition) is 3. The second-order valence-electron chi connectivity index (χ2n) is 6.87. The summed E-state index contributed by atoms with van der Waals surface area (Å²) in [7, 11) is 0. The van der Waals surface area contributed by atoms with Crippen molar-refractivity contribution in [2.24, 2.45) is 5.92 Å². The number of rotatable bonds is 5. The highest BCUT2D eigenvalue weighted by molar-refractivity contribution is 5.98. The number of aryl methyl sites for hydroxylation is 1. The Morgan fingerprint density at radius 1 is 1.32 bits per heavy atom. The van der Waals surface area contributed by atoms with Crippen LogP contribution in [0.3, 0.4) is 0 Å². The predicted octanol–water partition coefficient (Wildman–Crippen LogP) is 3.51. The molecule has 2 heterocycles. The van der Waals surface area contributed by atoms with Crippen molar-refractivity contribution in [3.8, 4) is 0 Å². The summed E-state index contributed by atoms with van der Waals surface area (Å²) in [5, 5.41) is 3.98. The molecule has 25 heavy (non-hydrogen) atoms. The number of nitrogens with one attached hydrogen (secondary N) is 1. The van der Waals surface area contributed by atoms with Crippen LogP contribution in [0.1, 0.15) is 48.7 Å². The molecule has 1 aliphatic heterocycles. The summed E-state index contributed by atoms with van der Waals surface area (Å²) in [6, 6.07) is 7.74. The standard InChI is InChI=1S/C20H26N2O3/c1-3-7-18(23)21-12-15-8-6-11-22(13-15)20(24)19-14(2)16-9-4-5-10-17(16)25-19/h4-5,9-10,15H,3,6-8,11-13H2,1-2H3,(H,21,23)/t15-/m0/s1. The highest BCUT2D eigenvalue weighted by atomic mass is 16.3. The van der Waals surface area contributed by atoms with Gasteiger partial charge in [0, 0.05) is 37.0 Å². The van der Waals surface area contributed by atoms with Crippen molar-refractivity contribution in [2.45, 2.75) is 39.5 Å². The van der Waals surface area contributed by atoms with E-state index in [2.05, 4.69) is 5.32 Å². The first kappa shape index (κ1) is 17.5. The number of piperidine rings is 1. The van der Waals surface area contributed by atoms with Gasteiger partial charge in [0.25, 0.3) is 5.91 Å². The maximum atomic E-state index is 12.9. The maximum absolute atomic E-state index is 12.9. The summed E-state index contributed by atoms with van der Waals surface area (Å²) < 4.78 is 5.82. The van der Waals surface area contributed by atoms with Gasteiger partial charge < -0.3 is 14.6 Å². The van der Waals surface area contributed by atoms with Crippen LogP contribution in [0.15, 0.2) is 28.7 Å².